The van der Waals surface area contributed by atoms with E-state index in [1.807, 2.05) is 49.4 Å². The molecule has 5 heteroatoms. The summed E-state index contributed by atoms with van der Waals surface area (Å²) in [6.07, 6.45) is -4.37. The van der Waals surface area contributed by atoms with Gasteiger partial charge in [-0.15, -0.1) is 0 Å². The minimum atomic E-state index is -4.41. The zero-order valence-corrected chi connectivity index (χ0v) is 14.9. The number of hydrogen-bond donors (Lipinski definition) is 1. The third kappa shape index (κ3) is 4.48. The lowest BCUT2D eigenvalue weighted by atomic mass is 9.99. The first-order valence-electron chi connectivity index (χ1n) is 8.78. The van der Waals surface area contributed by atoms with E-state index in [1.165, 1.54) is 12.1 Å². The molecule has 0 aliphatic heterocycles. The van der Waals surface area contributed by atoms with Crippen LogP contribution in [0.2, 0.25) is 0 Å². The van der Waals surface area contributed by atoms with Gasteiger partial charge in [-0.3, -0.25) is 4.79 Å². The molecule has 27 heavy (non-hydrogen) atoms. The highest BCUT2D eigenvalue weighted by molar-refractivity contribution is 5.86. The van der Waals surface area contributed by atoms with Gasteiger partial charge in [-0.05, 0) is 41.3 Å². The average molecular weight is 371 g/mol. The Labute approximate surface area is 156 Å². The molecule has 2 nitrogen and oxygen atoms in total. The molecule has 0 bridgehead atoms. The number of amides is 1. The fourth-order valence-electron chi connectivity index (χ4n) is 3.28. The van der Waals surface area contributed by atoms with E-state index in [9.17, 15) is 18.0 Å². The molecule has 0 unspecified atom stereocenters. The largest absolute Gasteiger partial charge is 0.416 e. The number of carbonyl (C=O) groups excluding carboxylic acids is 1. The Balaban J connectivity index is 1.68. The summed E-state index contributed by atoms with van der Waals surface area (Å²) >= 11 is 0. The molecule has 3 aromatic rings. The third-order valence-electron chi connectivity index (χ3n) is 4.61. The first-order valence-corrected chi connectivity index (χ1v) is 8.78. The Morgan fingerprint density at radius 3 is 2.41 bits per heavy atom. The molecule has 140 valence electrons. The van der Waals surface area contributed by atoms with Crippen LogP contribution in [0.4, 0.5) is 13.2 Å². The fraction of sp³-hybridized carbons (Fsp3) is 0.227. The molecular weight excluding hydrogens is 351 g/mol. The molecule has 0 radical (unpaired) electrons. The van der Waals surface area contributed by atoms with Crippen LogP contribution in [0.3, 0.4) is 0 Å². The molecule has 1 N–H and O–H groups in total. The van der Waals surface area contributed by atoms with Crippen molar-refractivity contribution in [3.05, 3.63) is 83.4 Å². The molecular formula is C22H20F3NO. The predicted molar refractivity (Wildman–Crippen MR) is 100 cm³/mol. The normalized spacial score (nSPS) is 12.7. The summed E-state index contributed by atoms with van der Waals surface area (Å²) in [4.78, 5) is 12.3. The van der Waals surface area contributed by atoms with Crippen LogP contribution in [-0.4, -0.2) is 5.91 Å². The highest BCUT2D eigenvalue weighted by Crippen LogP contribution is 2.32. The molecule has 0 saturated heterocycles. The van der Waals surface area contributed by atoms with Crippen LogP contribution < -0.4 is 5.32 Å². The lowest BCUT2D eigenvalue weighted by molar-refractivity contribution is -0.138. The Morgan fingerprint density at radius 2 is 1.63 bits per heavy atom. The van der Waals surface area contributed by atoms with Crippen molar-refractivity contribution in [2.24, 2.45) is 0 Å². The van der Waals surface area contributed by atoms with E-state index in [0.29, 0.717) is 0 Å². The third-order valence-corrected chi connectivity index (χ3v) is 4.61. The number of fused-ring (bicyclic) bond motifs is 1. The van der Waals surface area contributed by atoms with E-state index in [-0.39, 0.29) is 30.4 Å². The second-order valence-corrected chi connectivity index (χ2v) is 6.51. The number of carbonyl (C=O) groups is 1. The highest BCUT2D eigenvalue weighted by Gasteiger charge is 2.32. The van der Waals surface area contributed by atoms with Crippen LogP contribution >= 0.6 is 0 Å². The highest BCUT2D eigenvalue weighted by atomic mass is 19.4. The van der Waals surface area contributed by atoms with Crippen molar-refractivity contribution in [1.82, 2.24) is 5.32 Å². The summed E-state index contributed by atoms with van der Waals surface area (Å²) in [5, 5.41) is 5.03. The van der Waals surface area contributed by atoms with Gasteiger partial charge in [0.15, 0.2) is 0 Å². The van der Waals surface area contributed by atoms with Crippen LogP contribution in [0, 0.1) is 0 Å². The molecule has 1 amide bonds. The lowest BCUT2D eigenvalue weighted by Gasteiger charge is -2.17. The summed E-state index contributed by atoms with van der Waals surface area (Å²) in [7, 11) is 0. The van der Waals surface area contributed by atoms with Crippen LogP contribution in [0.1, 0.15) is 36.1 Å². The van der Waals surface area contributed by atoms with E-state index in [2.05, 4.69) is 5.32 Å². The maximum absolute atomic E-state index is 13.1. The van der Waals surface area contributed by atoms with Gasteiger partial charge in [0.1, 0.15) is 0 Å². The second-order valence-electron chi connectivity index (χ2n) is 6.51. The van der Waals surface area contributed by atoms with Crippen LogP contribution in [0.15, 0.2) is 66.7 Å². The standard InChI is InChI=1S/C22H20F3NO/c1-15(18-11-6-9-16-7-2-4-10-19(16)18)26-21(27)14-13-17-8-3-5-12-20(17)22(23,24)25/h2-12,15H,13-14H2,1H3,(H,26,27)/t15-/m1/s1. The molecule has 1 atom stereocenters. The van der Waals surface area contributed by atoms with Crippen molar-refractivity contribution >= 4 is 16.7 Å². The molecule has 3 aromatic carbocycles. The van der Waals surface area contributed by atoms with Gasteiger partial charge in [0.2, 0.25) is 5.91 Å². The number of benzene rings is 3. The van der Waals surface area contributed by atoms with Gasteiger partial charge >= 0.3 is 6.18 Å². The van der Waals surface area contributed by atoms with Crippen molar-refractivity contribution in [2.75, 3.05) is 0 Å². The SMILES string of the molecule is C[C@@H](NC(=O)CCc1ccccc1C(F)(F)F)c1cccc2ccccc12. The number of aryl methyl sites for hydroxylation is 1. The minimum Gasteiger partial charge on any atom is -0.350 e. The Hall–Kier alpha value is -2.82. The van der Waals surface area contributed by atoms with Crippen LogP contribution in [0.5, 0.6) is 0 Å². The molecule has 0 heterocycles. The van der Waals surface area contributed by atoms with Crippen molar-refractivity contribution in [3.8, 4) is 0 Å². The molecule has 0 saturated carbocycles. The smallest absolute Gasteiger partial charge is 0.350 e. The Bertz CT molecular complexity index is 944. The Morgan fingerprint density at radius 1 is 0.963 bits per heavy atom. The van der Waals surface area contributed by atoms with E-state index in [4.69, 9.17) is 0 Å². The van der Waals surface area contributed by atoms with Gasteiger partial charge in [0.05, 0.1) is 11.6 Å². The molecule has 0 aliphatic carbocycles. The second kappa shape index (κ2) is 7.82. The number of hydrogen-bond acceptors (Lipinski definition) is 1. The van der Waals surface area contributed by atoms with E-state index in [0.717, 1.165) is 22.4 Å². The van der Waals surface area contributed by atoms with Crippen molar-refractivity contribution in [1.29, 1.82) is 0 Å². The van der Waals surface area contributed by atoms with Gasteiger partial charge in [-0.25, -0.2) is 0 Å². The van der Waals surface area contributed by atoms with Gasteiger partial charge in [0.25, 0.3) is 0 Å². The van der Waals surface area contributed by atoms with Crippen LogP contribution in [0.25, 0.3) is 10.8 Å². The first kappa shape index (κ1) is 19.0. The maximum Gasteiger partial charge on any atom is 0.416 e. The molecule has 0 aromatic heterocycles. The zero-order valence-electron chi connectivity index (χ0n) is 14.9. The van der Waals surface area contributed by atoms with Crippen molar-refractivity contribution in [2.45, 2.75) is 32.0 Å². The summed E-state index contributed by atoms with van der Waals surface area (Å²) in [6, 6.07) is 18.9. The summed E-state index contributed by atoms with van der Waals surface area (Å²) in [6.45, 7) is 1.88. The lowest BCUT2D eigenvalue weighted by Crippen LogP contribution is -2.27. The zero-order chi connectivity index (χ0) is 19.4. The average Bonchev–Trinajstić information content (AvgIpc) is 2.65. The van der Waals surface area contributed by atoms with E-state index < -0.39 is 11.7 Å². The van der Waals surface area contributed by atoms with Crippen molar-refractivity contribution in [3.63, 3.8) is 0 Å². The molecule has 3 rings (SSSR count). The van der Waals surface area contributed by atoms with Gasteiger partial charge in [-0.2, -0.15) is 13.2 Å². The molecule has 0 fully saturated rings. The minimum absolute atomic E-state index is 0.00218. The topological polar surface area (TPSA) is 29.1 Å². The number of alkyl halides is 3. The maximum atomic E-state index is 13.1. The van der Waals surface area contributed by atoms with Crippen molar-refractivity contribution < 1.29 is 18.0 Å². The molecule has 0 spiro atoms. The van der Waals surface area contributed by atoms with Gasteiger partial charge < -0.3 is 5.32 Å². The van der Waals surface area contributed by atoms with E-state index in [1.54, 1.807) is 6.07 Å². The number of rotatable bonds is 5. The van der Waals surface area contributed by atoms with Gasteiger partial charge in [-0.1, -0.05) is 60.7 Å². The quantitative estimate of drug-likeness (QED) is 0.615. The summed E-state index contributed by atoms with van der Waals surface area (Å²) < 4.78 is 39.2. The first-order chi connectivity index (χ1) is 12.9. The summed E-state index contributed by atoms with van der Waals surface area (Å²) in [5.41, 5.74) is 0.440. The predicted octanol–water partition coefficient (Wildman–Crippen LogP) is 5.67. The number of nitrogens with one attached hydrogen (secondary N) is 1. The summed E-state index contributed by atoms with van der Waals surface area (Å²) in [5.74, 6) is -0.271. The number of halogens is 3. The monoisotopic (exact) mass is 371 g/mol. The fourth-order valence-corrected chi connectivity index (χ4v) is 3.28. The molecule has 0 aliphatic rings. The Kier molecular flexibility index (Phi) is 5.49. The van der Waals surface area contributed by atoms with Crippen LogP contribution in [-0.2, 0) is 17.4 Å². The van der Waals surface area contributed by atoms with E-state index >= 15 is 0 Å². The van der Waals surface area contributed by atoms with Gasteiger partial charge in [0, 0.05) is 6.42 Å².